The molecule has 2 aromatic carbocycles. The molecule has 0 unspecified atom stereocenters. The molecule has 154 valence electrons. The number of aryl methyl sites for hydroxylation is 1. The van der Waals surface area contributed by atoms with Crippen LogP contribution in [0.1, 0.15) is 47.6 Å². The van der Waals surface area contributed by atoms with Gasteiger partial charge in [-0.15, -0.1) is 0 Å². The molecule has 1 aromatic heterocycles. The number of carbonyl (C=O) groups excluding carboxylic acids is 1. The second-order valence-electron chi connectivity index (χ2n) is 8.40. The Hall–Kier alpha value is -3.41. The SMILES string of the molecule is COc1ccc(C(=O)N/N=C2\CC(C)(C)Cc3c2c(C)nn3-c2ccccc2)cc1. The summed E-state index contributed by atoms with van der Waals surface area (Å²) in [6.07, 6.45) is 1.66. The maximum atomic E-state index is 12.6. The normalized spacial score (nSPS) is 16.2. The Balaban J connectivity index is 1.68. The number of methoxy groups -OCH3 is 1. The van der Waals surface area contributed by atoms with E-state index in [1.54, 1.807) is 31.4 Å². The summed E-state index contributed by atoms with van der Waals surface area (Å²) in [6.45, 7) is 6.43. The molecule has 0 bridgehead atoms. The van der Waals surface area contributed by atoms with Crippen molar-refractivity contribution >= 4 is 11.6 Å². The lowest BCUT2D eigenvalue weighted by Gasteiger charge is -2.31. The average molecular weight is 402 g/mol. The summed E-state index contributed by atoms with van der Waals surface area (Å²) >= 11 is 0. The number of ether oxygens (including phenoxy) is 1. The van der Waals surface area contributed by atoms with Crippen LogP contribution in [-0.4, -0.2) is 28.5 Å². The summed E-state index contributed by atoms with van der Waals surface area (Å²) in [7, 11) is 1.60. The van der Waals surface area contributed by atoms with E-state index < -0.39 is 0 Å². The second kappa shape index (κ2) is 7.78. The van der Waals surface area contributed by atoms with Crippen LogP contribution in [0.25, 0.3) is 5.69 Å². The highest BCUT2D eigenvalue weighted by Gasteiger charge is 2.34. The van der Waals surface area contributed by atoms with Crippen molar-refractivity contribution in [3.63, 3.8) is 0 Å². The van der Waals surface area contributed by atoms with E-state index in [4.69, 9.17) is 9.84 Å². The van der Waals surface area contributed by atoms with Crippen LogP contribution in [0.2, 0.25) is 0 Å². The van der Waals surface area contributed by atoms with Crippen LogP contribution in [0.4, 0.5) is 0 Å². The number of fused-ring (bicyclic) bond motifs is 1. The summed E-state index contributed by atoms with van der Waals surface area (Å²) in [5.74, 6) is 0.462. The van der Waals surface area contributed by atoms with E-state index in [-0.39, 0.29) is 11.3 Å². The van der Waals surface area contributed by atoms with Gasteiger partial charge >= 0.3 is 0 Å². The molecule has 3 aromatic rings. The van der Waals surface area contributed by atoms with Gasteiger partial charge in [-0.3, -0.25) is 4.79 Å². The molecule has 0 fully saturated rings. The molecule has 4 rings (SSSR count). The molecule has 1 heterocycles. The minimum Gasteiger partial charge on any atom is -0.497 e. The van der Waals surface area contributed by atoms with Crippen molar-refractivity contribution in [2.24, 2.45) is 10.5 Å². The first-order valence-corrected chi connectivity index (χ1v) is 10.0. The number of carbonyl (C=O) groups is 1. The molecule has 1 aliphatic carbocycles. The van der Waals surface area contributed by atoms with Crippen LogP contribution in [0.5, 0.6) is 5.75 Å². The lowest BCUT2D eigenvalue weighted by Crippen LogP contribution is -2.31. The summed E-state index contributed by atoms with van der Waals surface area (Å²) < 4.78 is 7.16. The van der Waals surface area contributed by atoms with Gasteiger partial charge in [0.05, 0.1) is 29.9 Å². The van der Waals surface area contributed by atoms with Crippen LogP contribution >= 0.6 is 0 Å². The first kappa shape index (κ1) is 19.9. The number of hydrogen-bond donors (Lipinski definition) is 1. The number of amides is 1. The van der Waals surface area contributed by atoms with E-state index in [1.807, 2.05) is 29.8 Å². The minimum atomic E-state index is -0.247. The molecular weight excluding hydrogens is 376 g/mol. The number of hydrogen-bond acceptors (Lipinski definition) is 4. The molecular formula is C24H26N4O2. The Morgan fingerprint density at radius 2 is 1.80 bits per heavy atom. The molecule has 0 radical (unpaired) electrons. The number of para-hydroxylation sites is 1. The van der Waals surface area contributed by atoms with Gasteiger partial charge in [0.15, 0.2) is 0 Å². The minimum absolute atomic E-state index is 0.00960. The van der Waals surface area contributed by atoms with E-state index in [1.165, 1.54) is 0 Å². The van der Waals surface area contributed by atoms with Gasteiger partial charge in [0.25, 0.3) is 5.91 Å². The van der Waals surface area contributed by atoms with Crippen molar-refractivity contribution in [1.82, 2.24) is 15.2 Å². The highest BCUT2D eigenvalue weighted by Crippen LogP contribution is 2.37. The summed E-state index contributed by atoms with van der Waals surface area (Å²) in [6, 6.07) is 17.1. The molecule has 0 saturated carbocycles. The van der Waals surface area contributed by atoms with Crippen LogP contribution in [0.15, 0.2) is 59.7 Å². The largest absolute Gasteiger partial charge is 0.497 e. The fourth-order valence-electron chi connectivity index (χ4n) is 3.97. The van der Waals surface area contributed by atoms with Gasteiger partial charge in [0.1, 0.15) is 5.75 Å². The van der Waals surface area contributed by atoms with Gasteiger partial charge in [-0.25, -0.2) is 10.1 Å². The van der Waals surface area contributed by atoms with Gasteiger partial charge in [0, 0.05) is 11.1 Å². The second-order valence-corrected chi connectivity index (χ2v) is 8.40. The predicted molar refractivity (Wildman–Crippen MR) is 117 cm³/mol. The Labute approximate surface area is 176 Å². The Morgan fingerprint density at radius 3 is 2.47 bits per heavy atom. The number of benzene rings is 2. The van der Waals surface area contributed by atoms with Gasteiger partial charge in [0.2, 0.25) is 0 Å². The molecule has 6 heteroatoms. The number of hydrazone groups is 1. The van der Waals surface area contributed by atoms with Crippen LogP contribution < -0.4 is 10.2 Å². The smallest absolute Gasteiger partial charge is 0.271 e. The monoisotopic (exact) mass is 402 g/mol. The van der Waals surface area contributed by atoms with Crippen molar-refractivity contribution in [1.29, 1.82) is 0 Å². The van der Waals surface area contributed by atoms with Crippen molar-refractivity contribution in [2.75, 3.05) is 7.11 Å². The standard InChI is InChI=1S/C24H26N4O2/c1-16-22-20(25-26-23(29)17-10-12-19(30-4)13-11-17)14-24(2,3)15-21(22)28(27-16)18-8-6-5-7-9-18/h5-13H,14-15H2,1-4H3,(H,26,29)/b25-20+. The fourth-order valence-corrected chi connectivity index (χ4v) is 3.97. The third kappa shape index (κ3) is 3.85. The number of nitrogens with zero attached hydrogens (tertiary/aromatic N) is 3. The molecule has 1 amide bonds. The van der Waals surface area contributed by atoms with E-state index in [9.17, 15) is 4.79 Å². The van der Waals surface area contributed by atoms with Crippen LogP contribution in [0, 0.1) is 12.3 Å². The van der Waals surface area contributed by atoms with Crippen molar-refractivity contribution in [3.05, 3.63) is 77.1 Å². The van der Waals surface area contributed by atoms with Gasteiger partial charge in [-0.1, -0.05) is 32.0 Å². The molecule has 0 atom stereocenters. The van der Waals surface area contributed by atoms with Gasteiger partial charge in [-0.2, -0.15) is 10.2 Å². The Kier molecular flexibility index (Phi) is 5.16. The van der Waals surface area contributed by atoms with E-state index >= 15 is 0 Å². The van der Waals surface area contributed by atoms with E-state index in [0.29, 0.717) is 11.3 Å². The van der Waals surface area contributed by atoms with Crippen LogP contribution in [-0.2, 0) is 6.42 Å². The third-order valence-electron chi connectivity index (χ3n) is 5.38. The highest BCUT2D eigenvalue weighted by atomic mass is 16.5. The summed E-state index contributed by atoms with van der Waals surface area (Å²) in [4.78, 5) is 12.6. The molecule has 1 aliphatic rings. The topological polar surface area (TPSA) is 68.5 Å². The van der Waals surface area contributed by atoms with Crippen LogP contribution in [0.3, 0.4) is 0 Å². The average Bonchev–Trinajstić information content (AvgIpc) is 3.07. The maximum Gasteiger partial charge on any atom is 0.271 e. The number of nitrogens with one attached hydrogen (secondary N) is 1. The van der Waals surface area contributed by atoms with Gasteiger partial charge < -0.3 is 4.74 Å². The van der Waals surface area contributed by atoms with Gasteiger partial charge in [-0.05, 0) is 61.6 Å². The van der Waals surface area contributed by atoms with E-state index in [0.717, 1.165) is 41.2 Å². The quantitative estimate of drug-likeness (QED) is 0.662. The fraction of sp³-hybridized carbons (Fsp3) is 0.292. The summed E-state index contributed by atoms with van der Waals surface area (Å²) in [5, 5.41) is 9.33. The zero-order valence-corrected chi connectivity index (χ0v) is 17.8. The first-order chi connectivity index (χ1) is 14.4. The molecule has 6 nitrogen and oxygen atoms in total. The highest BCUT2D eigenvalue weighted by molar-refractivity contribution is 6.05. The number of rotatable bonds is 4. The molecule has 1 N–H and O–H groups in total. The zero-order chi connectivity index (χ0) is 21.3. The lowest BCUT2D eigenvalue weighted by atomic mass is 9.75. The first-order valence-electron chi connectivity index (χ1n) is 10.0. The number of aromatic nitrogens is 2. The van der Waals surface area contributed by atoms with Crippen molar-refractivity contribution in [3.8, 4) is 11.4 Å². The maximum absolute atomic E-state index is 12.6. The Bertz CT molecular complexity index is 1100. The molecule has 0 aliphatic heterocycles. The third-order valence-corrected chi connectivity index (χ3v) is 5.38. The molecule has 0 spiro atoms. The predicted octanol–water partition coefficient (Wildman–Crippen LogP) is 4.30. The molecule has 30 heavy (non-hydrogen) atoms. The molecule has 0 saturated heterocycles. The van der Waals surface area contributed by atoms with E-state index in [2.05, 4.69) is 36.5 Å². The van der Waals surface area contributed by atoms with Crippen molar-refractivity contribution in [2.45, 2.75) is 33.6 Å². The zero-order valence-electron chi connectivity index (χ0n) is 17.8. The van der Waals surface area contributed by atoms with Crippen molar-refractivity contribution < 1.29 is 9.53 Å². The lowest BCUT2D eigenvalue weighted by molar-refractivity contribution is 0.0954. The Morgan fingerprint density at radius 1 is 1.10 bits per heavy atom. The summed E-state index contributed by atoms with van der Waals surface area (Å²) in [5.41, 5.74) is 8.25.